The van der Waals surface area contributed by atoms with Gasteiger partial charge in [-0.3, -0.25) is 14.9 Å². The van der Waals surface area contributed by atoms with Crippen molar-refractivity contribution in [1.82, 2.24) is 10.6 Å². The summed E-state index contributed by atoms with van der Waals surface area (Å²) in [6, 6.07) is 5.19. The summed E-state index contributed by atoms with van der Waals surface area (Å²) in [5, 5.41) is 3.60. The van der Waals surface area contributed by atoms with Crippen LogP contribution in [0.2, 0.25) is 5.02 Å². The van der Waals surface area contributed by atoms with E-state index >= 15 is 0 Å². The molecule has 1 aromatic carbocycles. The van der Waals surface area contributed by atoms with Crippen LogP contribution in [0.15, 0.2) is 24.3 Å². The van der Waals surface area contributed by atoms with Crippen LogP contribution in [-0.4, -0.2) is 37.2 Å². The summed E-state index contributed by atoms with van der Waals surface area (Å²) in [6.45, 7) is 1.18. The van der Waals surface area contributed by atoms with Crippen molar-refractivity contribution >= 4 is 29.5 Å². The molecule has 0 aliphatic rings. The molecule has 1 aromatic rings. The second-order valence-corrected chi connectivity index (χ2v) is 6.16. The standard InChI is InChI=1S/C16H18ClF3N2O4/c1-9(2)13(10-3-5-11(17)6-4-10)14(24)26-7-12(23)22-15(25)21-8-16(18,19)20/h3-6,9,13H,7-8H2,1-2H3,(H2,21,22,23,25)/t13-/m0/s1. The van der Waals surface area contributed by atoms with Crippen molar-refractivity contribution < 1.29 is 32.3 Å². The number of amides is 3. The third kappa shape index (κ3) is 7.73. The SMILES string of the molecule is CC(C)[C@H](C(=O)OCC(=O)NC(=O)NCC(F)(F)F)c1ccc(Cl)cc1. The van der Waals surface area contributed by atoms with E-state index in [9.17, 15) is 27.6 Å². The number of halogens is 4. The van der Waals surface area contributed by atoms with E-state index in [2.05, 4.69) is 0 Å². The number of esters is 1. The van der Waals surface area contributed by atoms with E-state index < -0.39 is 43.2 Å². The molecule has 1 atom stereocenters. The van der Waals surface area contributed by atoms with Gasteiger partial charge in [0.1, 0.15) is 6.54 Å². The zero-order valence-corrected chi connectivity index (χ0v) is 14.8. The number of carbonyl (C=O) groups excluding carboxylic acids is 3. The molecule has 0 aliphatic carbocycles. The minimum atomic E-state index is -4.60. The molecule has 26 heavy (non-hydrogen) atoms. The second-order valence-electron chi connectivity index (χ2n) is 5.73. The van der Waals surface area contributed by atoms with Gasteiger partial charge in [-0.2, -0.15) is 13.2 Å². The molecule has 0 aromatic heterocycles. The molecule has 0 fully saturated rings. The Balaban J connectivity index is 2.56. The van der Waals surface area contributed by atoms with Crippen LogP contribution in [0, 0.1) is 5.92 Å². The third-order valence-electron chi connectivity index (χ3n) is 3.20. The number of rotatable bonds is 6. The van der Waals surface area contributed by atoms with E-state index in [1.165, 1.54) is 5.32 Å². The lowest BCUT2D eigenvalue weighted by Crippen LogP contribution is -2.44. The Morgan fingerprint density at radius 1 is 1.15 bits per heavy atom. The molecule has 2 N–H and O–H groups in total. The van der Waals surface area contributed by atoms with Gasteiger partial charge in [0.2, 0.25) is 0 Å². The highest BCUT2D eigenvalue weighted by Gasteiger charge is 2.29. The van der Waals surface area contributed by atoms with E-state index in [0.717, 1.165) is 0 Å². The fourth-order valence-electron chi connectivity index (χ4n) is 2.08. The predicted molar refractivity (Wildman–Crippen MR) is 87.6 cm³/mol. The molecule has 0 radical (unpaired) electrons. The van der Waals surface area contributed by atoms with Crippen LogP contribution in [0.4, 0.5) is 18.0 Å². The van der Waals surface area contributed by atoms with E-state index in [-0.39, 0.29) is 5.92 Å². The van der Waals surface area contributed by atoms with Crippen LogP contribution in [0.25, 0.3) is 0 Å². The zero-order valence-electron chi connectivity index (χ0n) is 14.0. The molecule has 0 saturated carbocycles. The van der Waals surface area contributed by atoms with Crippen molar-refractivity contribution in [2.24, 2.45) is 5.92 Å². The first-order chi connectivity index (χ1) is 12.0. The van der Waals surface area contributed by atoms with Crippen LogP contribution in [-0.2, 0) is 14.3 Å². The Morgan fingerprint density at radius 2 is 1.73 bits per heavy atom. The molecule has 10 heteroatoms. The Hall–Kier alpha value is -2.29. The Bertz CT molecular complexity index is 648. The minimum absolute atomic E-state index is 0.151. The van der Waals surface area contributed by atoms with Gasteiger partial charge >= 0.3 is 18.2 Å². The quantitative estimate of drug-likeness (QED) is 0.726. The number of hydrogen-bond acceptors (Lipinski definition) is 4. The number of ether oxygens (including phenoxy) is 1. The van der Waals surface area contributed by atoms with Gasteiger partial charge in [0.25, 0.3) is 5.91 Å². The Labute approximate surface area is 153 Å². The number of benzene rings is 1. The summed E-state index contributed by atoms with van der Waals surface area (Å²) in [4.78, 5) is 34.9. The van der Waals surface area contributed by atoms with Crippen molar-refractivity contribution in [1.29, 1.82) is 0 Å². The lowest BCUT2D eigenvalue weighted by Gasteiger charge is -2.19. The van der Waals surface area contributed by atoms with Crippen molar-refractivity contribution in [3.05, 3.63) is 34.9 Å². The molecular formula is C16H18ClF3N2O4. The first kappa shape index (κ1) is 21.8. The van der Waals surface area contributed by atoms with Gasteiger partial charge in [-0.15, -0.1) is 0 Å². The number of carbonyl (C=O) groups is 3. The molecule has 0 bridgehead atoms. The van der Waals surface area contributed by atoms with E-state index in [1.807, 2.05) is 0 Å². The highest BCUT2D eigenvalue weighted by molar-refractivity contribution is 6.30. The average Bonchev–Trinajstić information content (AvgIpc) is 2.52. The van der Waals surface area contributed by atoms with Gasteiger partial charge in [-0.1, -0.05) is 37.6 Å². The van der Waals surface area contributed by atoms with Crippen molar-refractivity contribution in [3.63, 3.8) is 0 Å². The van der Waals surface area contributed by atoms with Crippen LogP contribution >= 0.6 is 11.6 Å². The molecule has 0 spiro atoms. The van der Waals surface area contributed by atoms with Crippen molar-refractivity contribution in [2.75, 3.05) is 13.2 Å². The topological polar surface area (TPSA) is 84.5 Å². The summed E-state index contributed by atoms with van der Waals surface area (Å²) < 4.78 is 40.7. The van der Waals surface area contributed by atoms with Gasteiger partial charge in [0, 0.05) is 5.02 Å². The van der Waals surface area contributed by atoms with Crippen LogP contribution in [0.5, 0.6) is 0 Å². The lowest BCUT2D eigenvalue weighted by atomic mass is 9.88. The maximum absolute atomic E-state index is 12.2. The van der Waals surface area contributed by atoms with E-state index in [4.69, 9.17) is 16.3 Å². The number of hydrogen-bond donors (Lipinski definition) is 2. The predicted octanol–water partition coefficient (Wildman–Crippen LogP) is 3.01. The molecule has 1 rings (SSSR count). The van der Waals surface area contributed by atoms with Gasteiger partial charge in [-0.05, 0) is 23.6 Å². The van der Waals surface area contributed by atoms with Gasteiger partial charge in [-0.25, -0.2) is 4.79 Å². The lowest BCUT2D eigenvalue weighted by molar-refractivity contribution is -0.150. The monoisotopic (exact) mass is 394 g/mol. The number of urea groups is 1. The molecule has 6 nitrogen and oxygen atoms in total. The largest absolute Gasteiger partial charge is 0.455 e. The zero-order chi connectivity index (χ0) is 19.9. The fourth-order valence-corrected chi connectivity index (χ4v) is 2.20. The molecule has 0 saturated heterocycles. The normalized spacial score (nSPS) is 12.4. The summed E-state index contributed by atoms with van der Waals surface area (Å²) >= 11 is 5.80. The molecule has 0 heterocycles. The minimum Gasteiger partial charge on any atom is -0.455 e. The van der Waals surface area contributed by atoms with Gasteiger partial charge in [0.05, 0.1) is 5.92 Å². The number of imide groups is 1. The molecule has 0 unspecified atom stereocenters. The second kappa shape index (κ2) is 9.42. The van der Waals surface area contributed by atoms with Crippen LogP contribution in [0.1, 0.15) is 25.3 Å². The summed E-state index contributed by atoms with van der Waals surface area (Å²) in [7, 11) is 0. The van der Waals surface area contributed by atoms with E-state index in [0.29, 0.717) is 10.6 Å². The Morgan fingerprint density at radius 3 is 2.23 bits per heavy atom. The number of alkyl halides is 3. The number of nitrogens with one attached hydrogen (secondary N) is 2. The van der Waals surface area contributed by atoms with Crippen molar-refractivity contribution in [2.45, 2.75) is 25.9 Å². The molecule has 0 aliphatic heterocycles. The Kier molecular flexibility index (Phi) is 7.88. The summed E-state index contributed by atoms with van der Waals surface area (Å²) in [5.41, 5.74) is 0.637. The molecule has 144 valence electrons. The van der Waals surface area contributed by atoms with Crippen LogP contribution in [0.3, 0.4) is 0 Å². The highest BCUT2D eigenvalue weighted by atomic mass is 35.5. The summed E-state index contributed by atoms with van der Waals surface area (Å²) in [6.07, 6.45) is -4.60. The first-order valence-corrected chi connectivity index (χ1v) is 7.94. The van der Waals surface area contributed by atoms with Crippen molar-refractivity contribution in [3.8, 4) is 0 Å². The average molecular weight is 395 g/mol. The molecule has 3 amide bonds. The van der Waals surface area contributed by atoms with Gasteiger partial charge < -0.3 is 10.1 Å². The maximum Gasteiger partial charge on any atom is 0.405 e. The molecular weight excluding hydrogens is 377 g/mol. The van der Waals surface area contributed by atoms with Gasteiger partial charge in [0.15, 0.2) is 6.61 Å². The van der Waals surface area contributed by atoms with Crippen LogP contribution < -0.4 is 10.6 Å². The summed E-state index contributed by atoms with van der Waals surface area (Å²) in [5.74, 6) is -2.56. The third-order valence-corrected chi connectivity index (χ3v) is 3.45. The fraction of sp³-hybridized carbons (Fsp3) is 0.438. The van der Waals surface area contributed by atoms with E-state index in [1.54, 1.807) is 43.4 Å². The highest BCUT2D eigenvalue weighted by Crippen LogP contribution is 2.27. The first-order valence-electron chi connectivity index (χ1n) is 7.56. The maximum atomic E-state index is 12.2. The smallest absolute Gasteiger partial charge is 0.405 e.